The Kier molecular flexibility index (Phi) is 13.7. The van der Waals surface area contributed by atoms with Crippen LogP contribution in [0.2, 0.25) is 0 Å². The fourth-order valence-electron chi connectivity index (χ4n) is 8.17. The number of phenolic OH excluding ortho intramolecular Hbond substituents is 1. The molecule has 58 heavy (non-hydrogen) atoms. The summed E-state index contributed by atoms with van der Waals surface area (Å²) in [7, 11) is 0. The van der Waals surface area contributed by atoms with Crippen molar-refractivity contribution < 1.29 is 29.3 Å². The Morgan fingerprint density at radius 2 is 1.59 bits per heavy atom. The Labute approximate surface area is 338 Å². The number of pyridine rings is 1. The lowest BCUT2D eigenvalue weighted by Crippen LogP contribution is -2.41. The standard InChI is InChI=1S/C46H53N5O7/c52-40-20-18-37(38-19-21-43(54)50-45(38)40)41(53)29-47-28-33-10-4-7-13-42(33)57-30-44(55)48-34-16-14-31(15-17-34)22-25-51-26-23-35(24-27-51)58-46(56)49-39-12-6-5-11-36(39)32-8-2-1-3-9-32/h1-13,18-21,31,34-35,41,47,52-53H,14-17,22-30H2,(H,48,55)(H,49,56)(H,50,54). The zero-order chi connectivity index (χ0) is 40.3. The van der Waals surface area contributed by atoms with Crippen LogP contribution in [0.3, 0.4) is 0 Å². The number of likely N-dealkylation sites (tertiary alicyclic amines) is 1. The summed E-state index contributed by atoms with van der Waals surface area (Å²) in [5.74, 6) is 1.03. The molecule has 12 nitrogen and oxygen atoms in total. The molecule has 2 amide bonds. The van der Waals surface area contributed by atoms with Crippen LogP contribution in [-0.4, -0.2) is 77.0 Å². The number of rotatable bonds is 15. The maximum Gasteiger partial charge on any atom is 0.411 e. The number of aromatic amines is 1. The van der Waals surface area contributed by atoms with Crippen LogP contribution in [0.1, 0.15) is 62.2 Å². The summed E-state index contributed by atoms with van der Waals surface area (Å²) in [6.45, 7) is 3.39. The van der Waals surface area contributed by atoms with Crippen molar-refractivity contribution in [1.82, 2.24) is 20.5 Å². The molecule has 6 N–H and O–H groups in total. The van der Waals surface area contributed by atoms with E-state index in [1.807, 2.05) is 78.9 Å². The Morgan fingerprint density at radius 1 is 0.845 bits per heavy atom. The first-order chi connectivity index (χ1) is 28.3. The molecule has 12 heteroatoms. The Morgan fingerprint density at radius 3 is 2.40 bits per heavy atom. The van der Waals surface area contributed by atoms with Gasteiger partial charge in [-0.2, -0.15) is 0 Å². The molecule has 1 aliphatic carbocycles. The van der Waals surface area contributed by atoms with Crippen LogP contribution >= 0.6 is 0 Å². The Hall–Kier alpha value is -5.69. The highest BCUT2D eigenvalue weighted by Crippen LogP contribution is 2.31. The van der Waals surface area contributed by atoms with Gasteiger partial charge in [0.1, 0.15) is 17.6 Å². The van der Waals surface area contributed by atoms with Gasteiger partial charge in [-0.15, -0.1) is 0 Å². The first kappa shape index (κ1) is 40.5. The van der Waals surface area contributed by atoms with Crippen LogP contribution in [0.15, 0.2) is 108 Å². The predicted molar refractivity (Wildman–Crippen MR) is 225 cm³/mol. The van der Waals surface area contributed by atoms with Gasteiger partial charge in [0.2, 0.25) is 5.56 Å². The summed E-state index contributed by atoms with van der Waals surface area (Å²) >= 11 is 0. The lowest BCUT2D eigenvalue weighted by Gasteiger charge is -2.34. The smallest absolute Gasteiger partial charge is 0.411 e. The van der Waals surface area contributed by atoms with E-state index in [1.54, 1.807) is 12.1 Å². The van der Waals surface area contributed by atoms with E-state index in [0.717, 1.165) is 87.0 Å². The van der Waals surface area contributed by atoms with Crippen LogP contribution in [-0.2, 0) is 16.1 Å². The third-order valence-corrected chi connectivity index (χ3v) is 11.4. The van der Waals surface area contributed by atoms with Crippen molar-refractivity contribution in [3.8, 4) is 22.6 Å². The van der Waals surface area contributed by atoms with Crippen LogP contribution in [0, 0.1) is 5.92 Å². The Bertz CT molecular complexity index is 2200. The number of piperidine rings is 1. The number of aromatic hydroxyl groups is 1. The number of hydrogen-bond donors (Lipinski definition) is 6. The van der Waals surface area contributed by atoms with Gasteiger partial charge in [0.15, 0.2) is 6.61 Å². The van der Waals surface area contributed by atoms with Gasteiger partial charge in [-0.05, 0) is 92.8 Å². The summed E-state index contributed by atoms with van der Waals surface area (Å²) in [6, 6.07) is 31.5. The van der Waals surface area contributed by atoms with E-state index in [2.05, 4.69) is 25.8 Å². The van der Waals surface area contributed by atoms with Gasteiger partial charge >= 0.3 is 6.09 Å². The molecule has 2 heterocycles. The molecule has 1 saturated carbocycles. The molecule has 0 radical (unpaired) electrons. The van der Waals surface area contributed by atoms with Crippen LogP contribution in [0.4, 0.5) is 10.5 Å². The summed E-state index contributed by atoms with van der Waals surface area (Å²) in [5, 5.41) is 31.0. The van der Waals surface area contributed by atoms with E-state index in [0.29, 0.717) is 29.2 Å². The van der Waals surface area contributed by atoms with Crippen molar-refractivity contribution in [2.45, 2.75) is 69.7 Å². The van der Waals surface area contributed by atoms with E-state index >= 15 is 0 Å². The molecule has 2 fully saturated rings. The second-order valence-electron chi connectivity index (χ2n) is 15.4. The fourth-order valence-corrected chi connectivity index (χ4v) is 8.17. The highest BCUT2D eigenvalue weighted by Gasteiger charge is 2.26. The number of aliphatic hydroxyl groups excluding tert-OH is 1. The number of H-pyrrole nitrogens is 1. The zero-order valence-electron chi connectivity index (χ0n) is 32.7. The molecule has 0 spiro atoms. The monoisotopic (exact) mass is 787 g/mol. The zero-order valence-corrected chi connectivity index (χ0v) is 32.7. The number of benzene rings is 4. The molecule has 1 unspecified atom stereocenters. The van der Waals surface area contributed by atoms with Gasteiger partial charge in [0.05, 0.1) is 17.3 Å². The van der Waals surface area contributed by atoms with E-state index < -0.39 is 12.2 Å². The number of para-hydroxylation sites is 2. The molecule has 304 valence electrons. The number of nitrogens with one attached hydrogen (secondary N) is 4. The molecule has 7 rings (SSSR count). The van der Waals surface area contributed by atoms with E-state index in [4.69, 9.17) is 9.47 Å². The minimum absolute atomic E-state index is 0.0581. The Balaban J connectivity index is 0.771. The van der Waals surface area contributed by atoms with E-state index in [1.165, 1.54) is 12.1 Å². The third-order valence-electron chi connectivity index (χ3n) is 11.4. The van der Waals surface area contributed by atoms with Crippen LogP contribution < -0.4 is 26.2 Å². The number of aromatic nitrogens is 1. The molecule has 0 bridgehead atoms. The first-order valence-electron chi connectivity index (χ1n) is 20.4. The summed E-state index contributed by atoms with van der Waals surface area (Å²) in [6.07, 6.45) is 5.42. The molecule has 1 aliphatic heterocycles. The number of carbonyl (C=O) groups is 2. The third kappa shape index (κ3) is 10.8. The summed E-state index contributed by atoms with van der Waals surface area (Å²) in [5.41, 5.74) is 4.13. The second-order valence-corrected chi connectivity index (χ2v) is 15.4. The number of ether oxygens (including phenoxy) is 2. The van der Waals surface area contributed by atoms with Crippen LogP contribution in [0.25, 0.3) is 22.0 Å². The number of fused-ring (bicyclic) bond motifs is 1. The normalized spacial score (nSPS) is 18.0. The minimum Gasteiger partial charge on any atom is -0.506 e. The maximum atomic E-state index is 12.9. The van der Waals surface area contributed by atoms with Crippen molar-refractivity contribution in [1.29, 1.82) is 0 Å². The number of carbonyl (C=O) groups excluding carboxylic acids is 2. The molecular weight excluding hydrogens is 735 g/mol. The van der Waals surface area contributed by atoms with Gasteiger partial charge in [0.25, 0.3) is 5.91 Å². The predicted octanol–water partition coefficient (Wildman–Crippen LogP) is 6.88. The van der Waals surface area contributed by atoms with Gasteiger partial charge in [0, 0.05) is 54.8 Å². The van der Waals surface area contributed by atoms with Crippen molar-refractivity contribution in [3.05, 3.63) is 125 Å². The number of hydrogen-bond acceptors (Lipinski definition) is 9. The molecule has 1 saturated heterocycles. The van der Waals surface area contributed by atoms with Gasteiger partial charge in [-0.3, -0.25) is 14.9 Å². The van der Waals surface area contributed by atoms with Gasteiger partial charge < -0.3 is 40.2 Å². The largest absolute Gasteiger partial charge is 0.506 e. The fraction of sp³-hybridized carbons (Fsp3) is 0.370. The number of amides is 2. The van der Waals surface area contributed by atoms with Crippen molar-refractivity contribution >= 4 is 28.6 Å². The maximum absolute atomic E-state index is 12.9. The van der Waals surface area contributed by atoms with Crippen molar-refractivity contribution in [2.24, 2.45) is 5.92 Å². The molecule has 1 atom stereocenters. The molecule has 1 aromatic heterocycles. The van der Waals surface area contributed by atoms with Gasteiger partial charge in [-0.1, -0.05) is 72.8 Å². The first-order valence-corrected chi connectivity index (χ1v) is 20.4. The highest BCUT2D eigenvalue weighted by atomic mass is 16.6. The topological polar surface area (TPSA) is 165 Å². The van der Waals surface area contributed by atoms with E-state index in [-0.39, 0.29) is 48.0 Å². The second kappa shape index (κ2) is 19.6. The molecule has 4 aromatic carbocycles. The molecular formula is C46H53N5O7. The number of nitrogens with zero attached hydrogens (tertiary/aromatic N) is 1. The number of aliphatic hydroxyl groups is 1. The van der Waals surface area contributed by atoms with E-state index in [9.17, 15) is 24.6 Å². The minimum atomic E-state index is -0.891. The van der Waals surface area contributed by atoms with Gasteiger partial charge in [-0.25, -0.2) is 4.79 Å². The van der Waals surface area contributed by atoms with Crippen molar-refractivity contribution in [3.63, 3.8) is 0 Å². The summed E-state index contributed by atoms with van der Waals surface area (Å²) < 4.78 is 11.8. The lowest BCUT2D eigenvalue weighted by molar-refractivity contribution is -0.124. The summed E-state index contributed by atoms with van der Waals surface area (Å²) in [4.78, 5) is 42.6. The SMILES string of the molecule is O=C(COc1ccccc1CNCC(O)c1ccc(O)c2[nH]c(=O)ccc12)NC1CCC(CCN2CCC(OC(=O)Nc3ccccc3-c3ccccc3)CC2)CC1. The number of anilines is 1. The van der Waals surface area contributed by atoms with Crippen LogP contribution in [0.5, 0.6) is 11.5 Å². The molecule has 5 aromatic rings. The number of phenols is 1. The average Bonchev–Trinajstić information content (AvgIpc) is 3.24. The average molecular weight is 788 g/mol. The quantitative estimate of drug-likeness (QED) is 0.0664. The molecule has 2 aliphatic rings. The highest BCUT2D eigenvalue weighted by molar-refractivity contribution is 5.91. The lowest BCUT2D eigenvalue weighted by atomic mass is 9.84. The van der Waals surface area contributed by atoms with Crippen molar-refractivity contribution in [2.75, 3.05) is 38.1 Å².